The van der Waals surface area contributed by atoms with Crippen LogP contribution in [0.4, 0.5) is 0 Å². The highest BCUT2D eigenvalue weighted by molar-refractivity contribution is 8.03. The Hall–Kier alpha value is -1.99. The van der Waals surface area contributed by atoms with Crippen LogP contribution in [0.15, 0.2) is 10.6 Å². The second-order valence-corrected chi connectivity index (χ2v) is 9.30. The van der Waals surface area contributed by atoms with Crippen LogP contribution in [0.1, 0.15) is 46.0 Å². The number of nitriles is 2. The summed E-state index contributed by atoms with van der Waals surface area (Å²) in [6.07, 6.45) is 6.17. The number of fused-ring (bicyclic) bond motifs is 1. The molecule has 0 aromatic carbocycles. The monoisotopic (exact) mass is 386 g/mol. The van der Waals surface area contributed by atoms with Crippen molar-refractivity contribution in [3.05, 3.63) is 10.6 Å². The van der Waals surface area contributed by atoms with Gasteiger partial charge >= 0.3 is 0 Å². The molecule has 0 radical (unpaired) electrons. The van der Waals surface area contributed by atoms with Gasteiger partial charge in [0.25, 0.3) is 0 Å². The van der Waals surface area contributed by atoms with Gasteiger partial charge in [0.05, 0.1) is 28.5 Å². The molecule has 1 N–H and O–H groups in total. The van der Waals surface area contributed by atoms with Gasteiger partial charge in [-0.1, -0.05) is 44.9 Å². The normalized spacial score (nSPS) is 30.0. The Balaban J connectivity index is 1.66. The fourth-order valence-electron chi connectivity index (χ4n) is 4.59. The van der Waals surface area contributed by atoms with Crippen LogP contribution in [0.5, 0.6) is 0 Å². The number of allylic oxidation sites excluding steroid dienone is 1. The zero-order valence-electron chi connectivity index (χ0n) is 16.0. The lowest BCUT2D eigenvalue weighted by atomic mass is 9.72. The van der Waals surface area contributed by atoms with Crippen molar-refractivity contribution in [1.82, 2.24) is 10.2 Å². The summed E-state index contributed by atoms with van der Waals surface area (Å²) in [5.41, 5.74) is -0.491. The third-order valence-corrected chi connectivity index (χ3v) is 7.30. The van der Waals surface area contributed by atoms with Crippen molar-refractivity contribution in [2.24, 2.45) is 23.2 Å². The van der Waals surface area contributed by atoms with Gasteiger partial charge < -0.3 is 10.2 Å². The topological polar surface area (TPSA) is 97.0 Å². The van der Waals surface area contributed by atoms with Gasteiger partial charge in [-0.3, -0.25) is 9.59 Å². The van der Waals surface area contributed by atoms with Crippen molar-refractivity contribution >= 4 is 23.6 Å². The number of carbonyl (C=O) groups excluding carboxylic acids is 2. The highest BCUT2D eigenvalue weighted by Gasteiger charge is 2.45. The lowest BCUT2D eigenvalue weighted by Gasteiger charge is -2.41. The van der Waals surface area contributed by atoms with Gasteiger partial charge in [0.1, 0.15) is 5.92 Å². The van der Waals surface area contributed by atoms with E-state index in [4.69, 9.17) is 0 Å². The van der Waals surface area contributed by atoms with Gasteiger partial charge in [0.15, 0.2) is 0 Å². The second kappa shape index (κ2) is 7.94. The maximum absolute atomic E-state index is 12.7. The maximum Gasteiger partial charge on any atom is 0.243 e. The van der Waals surface area contributed by atoms with Crippen molar-refractivity contribution in [3.8, 4) is 12.1 Å². The average Bonchev–Trinajstić information content (AvgIpc) is 2.65. The molecule has 2 fully saturated rings. The molecular formula is C20H26N4O2S. The second-order valence-electron chi connectivity index (χ2n) is 8.31. The van der Waals surface area contributed by atoms with Crippen LogP contribution in [-0.2, 0) is 9.59 Å². The Kier molecular flexibility index (Phi) is 5.81. The Bertz CT molecular complexity index is 746. The molecule has 2 heterocycles. The number of hydrogen-bond donors (Lipinski definition) is 1. The zero-order valence-corrected chi connectivity index (χ0v) is 16.8. The molecule has 144 valence electrons. The molecule has 1 aliphatic carbocycles. The lowest BCUT2D eigenvalue weighted by Crippen LogP contribution is -2.46. The van der Waals surface area contributed by atoms with Crippen molar-refractivity contribution in [2.45, 2.75) is 46.0 Å². The molecule has 2 amide bonds. The van der Waals surface area contributed by atoms with Gasteiger partial charge in [0.2, 0.25) is 11.8 Å². The van der Waals surface area contributed by atoms with E-state index in [1.807, 2.05) is 11.0 Å². The minimum Gasteiger partial charge on any atom is -0.342 e. The fraction of sp³-hybridized carbons (Fsp3) is 0.700. The molecule has 7 heteroatoms. The largest absolute Gasteiger partial charge is 0.342 e. The number of carbonyl (C=O) groups is 2. The predicted molar refractivity (Wildman–Crippen MR) is 103 cm³/mol. The molecule has 3 atom stereocenters. The molecule has 0 aromatic heterocycles. The number of likely N-dealkylation sites (tertiary alicyclic amines) is 1. The summed E-state index contributed by atoms with van der Waals surface area (Å²) in [7, 11) is 0. The van der Waals surface area contributed by atoms with Gasteiger partial charge in [-0.2, -0.15) is 10.5 Å². The molecule has 0 bridgehead atoms. The van der Waals surface area contributed by atoms with Crippen LogP contribution >= 0.6 is 11.8 Å². The van der Waals surface area contributed by atoms with E-state index in [2.05, 4.69) is 11.4 Å². The van der Waals surface area contributed by atoms with Crippen molar-refractivity contribution < 1.29 is 9.59 Å². The fourth-order valence-corrected chi connectivity index (χ4v) is 5.66. The summed E-state index contributed by atoms with van der Waals surface area (Å²) in [5, 5.41) is 21.9. The van der Waals surface area contributed by atoms with E-state index < -0.39 is 17.2 Å². The number of nitrogens with one attached hydrogen (secondary N) is 1. The Labute approximate surface area is 165 Å². The number of nitrogens with zero attached hydrogens (tertiary/aromatic N) is 3. The smallest absolute Gasteiger partial charge is 0.243 e. The molecule has 2 aliphatic heterocycles. The first-order valence-electron chi connectivity index (χ1n) is 9.64. The quantitative estimate of drug-likeness (QED) is 0.804. The van der Waals surface area contributed by atoms with Gasteiger partial charge in [-0.05, 0) is 24.7 Å². The Morgan fingerprint density at radius 2 is 1.96 bits per heavy atom. The van der Waals surface area contributed by atoms with E-state index in [1.54, 1.807) is 13.8 Å². The summed E-state index contributed by atoms with van der Waals surface area (Å²) in [4.78, 5) is 26.9. The number of piperidine rings is 1. The SMILES string of the molecule is CC1(C)C(C#N)=C(SCC(=O)N2CC[C@@H]3CCCC[C@@H]3C2)NC(=O)[C@H]1C#N. The molecule has 27 heavy (non-hydrogen) atoms. The minimum atomic E-state index is -0.905. The number of hydrogen-bond acceptors (Lipinski definition) is 5. The number of rotatable bonds is 3. The first-order valence-corrected chi connectivity index (χ1v) is 10.6. The Morgan fingerprint density at radius 1 is 1.26 bits per heavy atom. The van der Waals surface area contributed by atoms with Crippen LogP contribution < -0.4 is 5.32 Å². The molecule has 0 unspecified atom stereocenters. The van der Waals surface area contributed by atoms with Crippen molar-refractivity contribution in [3.63, 3.8) is 0 Å². The van der Waals surface area contributed by atoms with Gasteiger partial charge in [-0.15, -0.1) is 0 Å². The standard InChI is InChI=1S/C20H26N4O2S/c1-20(2)15(9-21)18(26)23-19(16(20)10-22)27-12-17(25)24-8-7-13-5-3-4-6-14(13)11-24/h13-15H,3-8,11-12H2,1-2H3,(H,23,26)/t13-,14+,15+/m0/s1. The summed E-state index contributed by atoms with van der Waals surface area (Å²) in [6.45, 7) is 5.10. The minimum absolute atomic E-state index is 0.0586. The first-order chi connectivity index (χ1) is 12.9. The molecule has 0 aromatic rings. The highest BCUT2D eigenvalue weighted by atomic mass is 32.2. The van der Waals surface area contributed by atoms with Gasteiger partial charge in [0, 0.05) is 18.5 Å². The van der Waals surface area contributed by atoms with Crippen LogP contribution in [0.25, 0.3) is 0 Å². The van der Waals surface area contributed by atoms with Crippen LogP contribution in [0.2, 0.25) is 0 Å². The molecule has 1 saturated carbocycles. The summed E-state index contributed by atoms with van der Waals surface area (Å²) < 4.78 is 0. The van der Waals surface area contributed by atoms with Crippen LogP contribution in [0, 0.1) is 45.8 Å². The lowest BCUT2D eigenvalue weighted by molar-refractivity contribution is -0.131. The molecule has 1 saturated heterocycles. The van der Waals surface area contributed by atoms with Crippen molar-refractivity contribution in [2.75, 3.05) is 18.8 Å². The molecular weight excluding hydrogens is 360 g/mol. The first kappa shape index (κ1) is 19.8. The van der Waals surface area contributed by atoms with E-state index >= 15 is 0 Å². The summed E-state index contributed by atoms with van der Waals surface area (Å²) in [5.74, 6) is 0.343. The molecule has 0 spiro atoms. The van der Waals surface area contributed by atoms with Crippen LogP contribution in [-0.4, -0.2) is 35.6 Å². The third kappa shape index (κ3) is 3.84. The van der Waals surface area contributed by atoms with E-state index in [0.717, 1.165) is 25.4 Å². The zero-order chi connectivity index (χ0) is 19.6. The summed E-state index contributed by atoms with van der Waals surface area (Å²) >= 11 is 1.20. The average molecular weight is 387 g/mol. The Morgan fingerprint density at radius 3 is 2.63 bits per heavy atom. The van der Waals surface area contributed by atoms with E-state index in [1.165, 1.54) is 37.4 Å². The highest BCUT2D eigenvalue weighted by Crippen LogP contribution is 2.42. The van der Waals surface area contributed by atoms with E-state index in [9.17, 15) is 20.1 Å². The number of thioether (sulfide) groups is 1. The molecule has 3 aliphatic rings. The van der Waals surface area contributed by atoms with E-state index in [0.29, 0.717) is 16.5 Å². The van der Waals surface area contributed by atoms with Crippen LogP contribution in [0.3, 0.4) is 0 Å². The maximum atomic E-state index is 12.7. The van der Waals surface area contributed by atoms with Gasteiger partial charge in [-0.25, -0.2) is 0 Å². The predicted octanol–water partition coefficient (Wildman–Crippen LogP) is 2.79. The number of amides is 2. The van der Waals surface area contributed by atoms with Crippen molar-refractivity contribution in [1.29, 1.82) is 10.5 Å². The molecule has 6 nitrogen and oxygen atoms in total. The van der Waals surface area contributed by atoms with E-state index in [-0.39, 0.29) is 11.7 Å². The third-order valence-electron chi connectivity index (χ3n) is 6.32. The molecule has 3 rings (SSSR count). The summed E-state index contributed by atoms with van der Waals surface area (Å²) in [6, 6.07) is 4.13.